The highest BCUT2D eigenvalue weighted by atomic mass is 79.9. The number of hydrogen-bond acceptors (Lipinski definition) is 5. The van der Waals surface area contributed by atoms with Crippen LogP contribution in [0.2, 0.25) is 0 Å². The second-order valence-electron chi connectivity index (χ2n) is 6.96. The summed E-state index contributed by atoms with van der Waals surface area (Å²) in [5.74, 6) is -1.17. The monoisotopic (exact) mass is 454 g/mol. The smallest absolute Gasteiger partial charge is 0.260 e. The lowest BCUT2D eigenvalue weighted by Gasteiger charge is -2.37. The second kappa shape index (κ2) is 8.78. The molecule has 1 aromatic heterocycles. The maximum atomic E-state index is 12.5. The van der Waals surface area contributed by atoms with Gasteiger partial charge in [-0.3, -0.25) is 24.0 Å². The highest BCUT2D eigenvalue weighted by Gasteiger charge is 2.53. The van der Waals surface area contributed by atoms with Crippen LogP contribution >= 0.6 is 0 Å². The predicted octanol–water partition coefficient (Wildman–Crippen LogP) is -3.60. The Balaban J connectivity index is 0.00000280. The summed E-state index contributed by atoms with van der Waals surface area (Å²) in [5, 5.41) is 0.833. The Bertz CT molecular complexity index is 792. The van der Waals surface area contributed by atoms with E-state index in [1.165, 1.54) is 7.11 Å². The molecule has 2 fully saturated rings. The second-order valence-corrected chi connectivity index (χ2v) is 6.96. The van der Waals surface area contributed by atoms with E-state index in [9.17, 15) is 19.2 Å². The zero-order valence-electron chi connectivity index (χ0n) is 15.6. The van der Waals surface area contributed by atoms with Crippen molar-refractivity contribution in [3.63, 3.8) is 0 Å². The highest BCUT2D eigenvalue weighted by molar-refractivity contribution is 6.04. The van der Waals surface area contributed by atoms with E-state index in [-0.39, 0.29) is 47.5 Å². The minimum atomic E-state index is -0.742. The first-order chi connectivity index (χ1) is 12.9. The molecule has 0 atom stereocenters. The topological polar surface area (TPSA) is 114 Å². The molecule has 0 radical (unpaired) electrons. The fraction of sp³-hybridized carbons (Fsp3) is 0.500. The molecule has 152 valence electrons. The van der Waals surface area contributed by atoms with Crippen LogP contribution in [0.25, 0.3) is 0 Å². The van der Waals surface area contributed by atoms with Crippen LogP contribution in [0.15, 0.2) is 24.5 Å². The summed E-state index contributed by atoms with van der Waals surface area (Å²) in [6.07, 6.45) is 4.70. The summed E-state index contributed by atoms with van der Waals surface area (Å²) < 4.78 is 1.75. The minimum absolute atomic E-state index is 0. The van der Waals surface area contributed by atoms with E-state index in [0.29, 0.717) is 38.0 Å². The number of imide groups is 1. The van der Waals surface area contributed by atoms with Gasteiger partial charge in [-0.1, -0.05) is 0 Å². The molecule has 1 spiro atoms. The van der Waals surface area contributed by atoms with E-state index < -0.39 is 11.3 Å². The van der Waals surface area contributed by atoms with Gasteiger partial charge >= 0.3 is 0 Å². The van der Waals surface area contributed by atoms with Crippen LogP contribution in [0.4, 0.5) is 0 Å². The third kappa shape index (κ3) is 4.22. The van der Waals surface area contributed by atoms with Gasteiger partial charge in [-0.25, -0.2) is 4.57 Å². The van der Waals surface area contributed by atoms with Crippen molar-refractivity contribution in [1.29, 1.82) is 0 Å². The molecule has 10 heteroatoms. The zero-order valence-corrected chi connectivity index (χ0v) is 17.2. The summed E-state index contributed by atoms with van der Waals surface area (Å²) in [7, 11) is 1.30. The van der Waals surface area contributed by atoms with Gasteiger partial charge in [0.2, 0.25) is 5.91 Å². The van der Waals surface area contributed by atoms with Crippen molar-refractivity contribution in [1.82, 2.24) is 9.96 Å². The first-order valence-electron chi connectivity index (χ1n) is 8.84. The number of carbonyl (C=O) groups excluding carboxylic acids is 4. The van der Waals surface area contributed by atoms with E-state index >= 15 is 0 Å². The molecule has 0 bridgehead atoms. The molecule has 0 aromatic carbocycles. The van der Waals surface area contributed by atoms with Gasteiger partial charge in [-0.05, 0) is 18.9 Å². The number of hydrogen-bond donors (Lipinski definition) is 1. The van der Waals surface area contributed by atoms with Crippen molar-refractivity contribution in [2.75, 3.05) is 20.2 Å². The highest BCUT2D eigenvalue weighted by Crippen LogP contribution is 2.42. The molecule has 28 heavy (non-hydrogen) atoms. The molecule has 0 aliphatic carbocycles. The van der Waals surface area contributed by atoms with Gasteiger partial charge in [0.25, 0.3) is 17.7 Å². The van der Waals surface area contributed by atoms with Crippen molar-refractivity contribution in [3.8, 4) is 0 Å². The van der Waals surface area contributed by atoms with Gasteiger partial charge in [0.15, 0.2) is 18.9 Å². The molecule has 2 aliphatic rings. The molecule has 2 saturated heterocycles. The number of pyridine rings is 1. The first-order valence-corrected chi connectivity index (χ1v) is 8.84. The van der Waals surface area contributed by atoms with Crippen LogP contribution in [-0.2, 0) is 25.8 Å². The Morgan fingerprint density at radius 3 is 2.54 bits per heavy atom. The molecule has 3 heterocycles. The first kappa shape index (κ1) is 22.0. The van der Waals surface area contributed by atoms with Gasteiger partial charge in [0.05, 0.1) is 18.9 Å². The molecule has 0 unspecified atom stereocenters. The fourth-order valence-electron chi connectivity index (χ4n) is 3.71. The van der Waals surface area contributed by atoms with Crippen LogP contribution in [0.5, 0.6) is 0 Å². The number of carbonyl (C=O) groups is 4. The molecular weight excluding hydrogens is 432 g/mol. The van der Waals surface area contributed by atoms with Crippen molar-refractivity contribution in [3.05, 3.63) is 30.1 Å². The number of halogens is 1. The number of likely N-dealkylation sites (tertiary alicyclic amines) is 1. The summed E-state index contributed by atoms with van der Waals surface area (Å²) >= 11 is 0. The molecule has 1 aromatic rings. The van der Waals surface area contributed by atoms with Crippen LogP contribution in [0.1, 0.15) is 36.0 Å². The van der Waals surface area contributed by atoms with Gasteiger partial charge in [-0.2, -0.15) is 5.06 Å². The van der Waals surface area contributed by atoms with Gasteiger partial charge in [-0.15, -0.1) is 0 Å². The third-order valence-corrected chi connectivity index (χ3v) is 5.34. The van der Waals surface area contributed by atoms with Crippen molar-refractivity contribution < 1.29 is 45.6 Å². The Morgan fingerprint density at radius 1 is 1.29 bits per heavy atom. The Labute approximate surface area is 173 Å². The molecule has 4 amide bonds. The Morgan fingerprint density at radius 2 is 1.96 bits per heavy atom. The predicted molar refractivity (Wildman–Crippen MR) is 91.5 cm³/mol. The number of rotatable bonds is 5. The van der Waals surface area contributed by atoms with Crippen LogP contribution in [-0.4, -0.2) is 53.8 Å². The number of piperidine rings is 1. The number of primary amides is 1. The molecule has 9 nitrogen and oxygen atoms in total. The minimum Gasteiger partial charge on any atom is -1.00 e. The number of nitrogens with zero attached hydrogens (tertiary/aromatic N) is 3. The SMILES string of the molecule is CON1C(=O)CC2(CCN(C(=O)CC[n+]3cccc(C(N)=O)c3)CC2)C1=O.[Br-]. The molecule has 3 rings (SSSR count). The normalized spacial score (nSPS) is 18.3. The van der Waals surface area contributed by atoms with Gasteiger partial charge in [0, 0.05) is 25.6 Å². The lowest BCUT2D eigenvalue weighted by atomic mass is 9.77. The summed E-state index contributed by atoms with van der Waals surface area (Å²) in [6, 6.07) is 3.33. The van der Waals surface area contributed by atoms with Gasteiger partial charge < -0.3 is 27.6 Å². The van der Waals surface area contributed by atoms with E-state index in [1.807, 2.05) is 0 Å². The fourth-order valence-corrected chi connectivity index (χ4v) is 3.71. The Hall–Kier alpha value is -2.33. The standard InChI is InChI=1S/C18H22N4O5.BrH/c1-27-22-15(24)11-18(17(22)26)5-9-21(10-6-18)14(23)4-8-20-7-2-3-13(12-20)16(19)25;/h2-3,7,12H,4-6,8-11H2,1H3,(H-,19,25);1H. The summed E-state index contributed by atoms with van der Waals surface area (Å²) in [5.41, 5.74) is 4.91. The number of nitrogens with two attached hydrogens (primary N) is 1. The van der Waals surface area contributed by atoms with E-state index in [0.717, 1.165) is 5.06 Å². The quantitative estimate of drug-likeness (QED) is 0.364. The maximum absolute atomic E-state index is 12.5. The van der Waals surface area contributed by atoms with Crippen molar-refractivity contribution in [2.24, 2.45) is 11.1 Å². The molecular formula is C18H23BrN4O5. The third-order valence-electron chi connectivity index (χ3n) is 5.34. The van der Waals surface area contributed by atoms with Crippen molar-refractivity contribution in [2.45, 2.75) is 32.2 Å². The lowest BCUT2D eigenvalue weighted by molar-refractivity contribution is -0.696. The van der Waals surface area contributed by atoms with E-state index in [1.54, 1.807) is 34.0 Å². The lowest BCUT2D eigenvalue weighted by Crippen LogP contribution is -3.00. The van der Waals surface area contributed by atoms with E-state index in [2.05, 4.69) is 0 Å². The average Bonchev–Trinajstić information content (AvgIpc) is 2.89. The largest absolute Gasteiger partial charge is 1.00 e. The molecule has 2 N–H and O–H groups in total. The Kier molecular flexibility index (Phi) is 6.89. The number of amides is 4. The van der Waals surface area contributed by atoms with E-state index in [4.69, 9.17) is 10.6 Å². The summed E-state index contributed by atoms with van der Waals surface area (Å²) in [6.45, 7) is 1.29. The number of aromatic nitrogens is 1. The van der Waals surface area contributed by atoms with Crippen LogP contribution in [0, 0.1) is 5.41 Å². The summed E-state index contributed by atoms with van der Waals surface area (Å²) in [4.78, 5) is 54.6. The zero-order chi connectivity index (χ0) is 19.6. The molecule has 2 aliphatic heterocycles. The van der Waals surface area contributed by atoms with Gasteiger partial charge in [0.1, 0.15) is 5.56 Å². The number of hydroxylamine groups is 2. The van der Waals surface area contributed by atoms with Crippen LogP contribution in [0.3, 0.4) is 0 Å². The van der Waals surface area contributed by atoms with Crippen molar-refractivity contribution >= 4 is 23.6 Å². The van der Waals surface area contributed by atoms with Crippen LogP contribution < -0.4 is 27.3 Å². The molecule has 0 saturated carbocycles. The number of aryl methyl sites for hydroxylation is 1. The average molecular weight is 455 g/mol. The maximum Gasteiger partial charge on any atom is 0.260 e.